The normalized spacial score (nSPS) is 11.4. The van der Waals surface area contributed by atoms with Gasteiger partial charge >= 0.3 is 0 Å². The van der Waals surface area contributed by atoms with Gasteiger partial charge in [-0.1, -0.05) is 0 Å². The van der Waals surface area contributed by atoms with Gasteiger partial charge in [-0.2, -0.15) is 0 Å². The molecule has 0 atom stereocenters. The molecule has 0 unspecified atom stereocenters. The van der Waals surface area contributed by atoms with Crippen LogP contribution < -0.4 is 4.74 Å². The van der Waals surface area contributed by atoms with E-state index in [0.29, 0.717) is 0 Å². The molecular weight excluding hydrogens is 259 g/mol. The third-order valence-electron chi connectivity index (χ3n) is 2.00. The molecule has 1 aromatic rings. The van der Waals surface area contributed by atoms with Crippen molar-refractivity contribution in [2.75, 3.05) is 12.9 Å². The van der Waals surface area contributed by atoms with Gasteiger partial charge in [0.25, 0.3) is 0 Å². The van der Waals surface area contributed by atoms with Crippen LogP contribution in [0.5, 0.6) is 11.5 Å². The summed E-state index contributed by atoms with van der Waals surface area (Å²) in [6, 6.07) is 2.49. The molecule has 0 radical (unpaired) electrons. The minimum atomic E-state index is -3.71. The summed E-state index contributed by atoms with van der Waals surface area (Å²) < 4.78 is 39.8. The van der Waals surface area contributed by atoms with Crippen LogP contribution in [0.4, 0.5) is 4.39 Å². The molecule has 0 amide bonds. The lowest BCUT2D eigenvalue weighted by Crippen LogP contribution is -2.05. The molecule has 4 nitrogen and oxygen atoms in total. The van der Waals surface area contributed by atoms with E-state index in [0.717, 1.165) is 6.07 Å². The highest BCUT2D eigenvalue weighted by Gasteiger charge is 2.16. The van der Waals surface area contributed by atoms with Gasteiger partial charge in [-0.25, -0.2) is 12.8 Å². The number of phenolic OH excluding ortho intramolecular Hbond substituents is 1. The summed E-state index contributed by atoms with van der Waals surface area (Å²) in [5.41, 5.74) is -0.00766. The van der Waals surface area contributed by atoms with E-state index in [2.05, 4.69) is 0 Å². The number of halogens is 2. The van der Waals surface area contributed by atoms with Gasteiger partial charge in [0.15, 0.2) is 11.6 Å². The molecule has 1 rings (SSSR count). The van der Waals surface area contributed by atoms with Gasteiger partial charge in [0.05, 0.1) is 12.9 Å². The van der Waals surface area contributed by atoms with Crippen molar-refractivity contribution >= 4 is 19.7 Å². The first-order valence-electron chi connectivity index (χ1n) is 4.32. The molecule has 16 heavy (non-hydrogen) atoms. The minimum Gasteiger partial charge on any atom is -0.505 e. The number of methoxy groups -OCH3 is 1. The van der Waals surface area contributed by atoms with Crippen LogP contribution >= 0.6 is 10.7 Å². The Kier molecular flexibility index (Phi) is 3.98. The molecule has 90 valence electrons. The van der Waals surface area contributed by atoms with E-state index in [4.69, 9.17) is 20.5 Å². The number of aromatic hydroxyl groups is 1. The highest BCUT2D eigenvalue weighted by molar-refractivity contribution is 8.13. The maximum absolute atomic E-state index is 13.5. The molecule has 0 saturated heterocycles. The van der Waals surface area contributed by atoms with Crippen molar-refractivity contribution in [3.05, 3.63) is 23.5 Å². The molecule has 1 aromatic carbocycles. The van der Waals surface area contributed by atoms with E-state index in [1.54, 1.807) is 0 Å². The van der Waals surface area contributed by atoms with E-state index in [-0.39, 0.29) is 17.7 Å². The Morgan fingerprint density at radius 3 is 2.62 bits per heavy atom. The summed E-state index contributed by atoms with van der Waals surface area (Å²) in [6.45, 7) is 0. The predicted octanol–water partition coefficient (Wildman–Crippen LogP) is 1.65. The smallest absolute Gasteiger partial charge is 0.232 e. The van der Waals surface area contributed by atoms with Gasteiger partial charge in [-0.15, -0.1) is 0 Å². The summed E-state index contributed by atoms with van der Waals surface area (Å²) in [4.78, 5) is 0. The Hall–Kier alpha value is -1.01. The maximum Gasteiger partial charge on any atom is 0.232 e. The van der Waals surface area contributed by atoms with Gasteiger partial charge in [-0.05, 0) is 18.6 Å². The monoisotopic (exact) mass is 268 g/mol. The minimum absolute atomic E-state index is 0.00766. The number of rotatable bonds is 4. The molecule has 0 aromatic heterocycles. The fourth-order valence-corrected chi connectivity index (χ4v) is 1.92. The van der Waals surface area contributed by atoms with E-state index in [1.807, 2.05) is 0 Å². The van der Waals surface area contributed by atoms with E-state index in [1.165, 1.54) is 13.2 Å². The van der Waals surface area contributed by atoms with Gasteiger partial charge in [0, 0.05) is 16.2 Å². The zero-order valence-electron chi connectivity index (χ0n) is 8.41. The quantitative estimate of drug-likeness (QED) is 0.844. The van der Waals surface area contributed by atoms with Crippen LogP contribution in [0.15, 0.2) is 12.1 Å². The first-order chi connectivity index (χ1) is 7.35. The second-order valence-electron chi connectivity index (χ2n) is 3.07. The Balaban J connectivity index is 3.06. The highest BCUT2D eigenvalue weighted by Crippen LogP contribution is 2.28. The molecule has 0 aliphatic rings. The van der Waals surface area contributed by atoms with Crippen LogP contribution in [0, 0.1) is 5.82 Å². The zero-order chi connectivity index (χ0) is 12.3. The lowest BCUT2D eigenvalue weighted by Gasteiger charge is -2.09. The van der Waals surface area contributed by atoms with Crippen LogP contribution in [0.3, 0.4) is 0 Å². The first kappa shape index (κ1) is 13.1. The number of ether oxygens (including phenoxy) is 1. The van der Waals surface area contributed by atoms with Crippen molar-refractivity contribution in [3.63, 3.8) is 0 Å². The Labute approximate surface area is 97.0 Å². The average molecular weight is 269 g/mol. The lowest BCUT2D eigenvalue weighted by atomic mass is 10.1. The third kappa shape index (κ3) is 3.24. The second-order valence-corrected chi connectivity index (χ2v) is 5.97. The summed E-state index contributed by atoms with van der Waals surface area (Å²) >= 11 is 0. The Bertz CT molecular complexity index is 487. The van der Waals surface area contributed by atoms with E-state index < -0.39 is 26.4 Å². The van der Waals surface area contributed by atoms with Crippen LogP contribution in [-0.4, -0.2) is 26.4 Å². The number of hydrogen-bond donors (Lipinski definition) is 1. The zero-order valence-corrected chi connectivity index (χ0v) is 9.98. The van der Waals surface area contributed by atoms with Crippen molar-refractivity contribution < 1.29 is 22.7 Å². The predicted molar refractivity (Wildman–Crippen MR) is 58.0 cm³/mol. The summed E-state index contributed by atoms with van der Waals surface area (Å²) in [5.74, 6) is -1.69. The topological polar surface area (TPSA) is 63.6 Å². The first-order valence-corrected chi connectivity index (χ1v) is 6.79. The van der Waals surface area contributed by atoms with Crippen LogP contribution in [0.2, 0.25) is 0 Å². The summed E-state index contributed by atoms with van der Waals surface area (Å²) in [6.07, 6.45) is -0.157. The van der Waals surface area contributed by atoms with Crippen LogP contribution in [-0.2, 0) is 15.5 Å². The summed E-state index contributed by atoms with van der Waals surface area (Å²) in [5, 5.41) is 9.14. The molecule has 7 heteroatoms. The molecule has 0 spiro atoms. The fraction of sp³-hybridized carbons (Fsp3) is 0.333. The van der Waals surface area contributed by atoms with Gasteiger partial charge in [-0.3, -0.25) is 0 Å². The van der Waals surface area contributed by atoms with Crippen molar-refractivity contribution in [1.29, 1.82) is 0 Å². The molecule has 0 heterocycles. The molecule has 0 saturated carbocycles. The van der Waals surface area contributed by atoms with Gasteiger partial charge in [0.2, 0.25) is 9.05 Å². The number of phenols is 1. The molecule has 0 bridgehead atoms. The average Bonchev–Trinajstić information content (AvgIpc) is 2.19. The third-order valence-corrected chi connectivity index (χ3v) is 3.15. The van der Waals surface area contributed by atoms with Crippen molar-refractivity contribution in [2.24, 2.45) is 0 Å². The molecule has 1 N–H and O–H groups in total. The Morgan fingerprint density at radius 1 is 1.50 bits per heavy atom. The van der Waals surface area contributed by atoms with E-state index >= 15 is 0 Å². The highest BCUT2D eigenvalue weighted by atomic mass is 35.7. The molecule has 0 fully saturated rings. The second kappa shape index (κ2) is 4.88. The molecular formula is C9H10ClFO4S. The van der Waals surface area contributed by atoms with Gasteiger partial charge in [0.1, 0.15) is 5.75 Å². The lowest BCUT2D eigenvalue weighted by molar-refractivity contribution is 0.391. The fourth-order valence-electron chi connectivity index (χ4n) is 1.24. The van der Waals surface area contributed by atoms with E-state index in [9.17, 15) is 12.8 Å². The molecule has 0 aliphatic heterocycles. The van der Waals surface area contributed by atoms with Crippen LogP contribution in [0.25, 0.3) is 0 Å². The molecule has 0 aliphatic carbocycles. The number of benzene rings is 1. The Morgan fingerprint density at radius 2 is 2.12 bits per heavy atom. The van der Waals surface area contributed by atoms with Crippen molar-refractivity contribution in [3.8, 4) is 11.5 Å². The number of hydrogen-bond acceptors (Lipinski definition) is 4. The SMILES string of the molecule is COc1ccc(O)c(F)c1CCS(=O)(=O)Cl. The summed E-state index contributed by atoms with van der Waals surface area (Å²) in [7, 11) is 2.63. The standard InChI is InChI=1S/C9H10ClFO4S/c1-15-8-3-2-7(12)9(11)6(8)4-5-16(10,13)14/h2-3,12H,4-5H2,1H3. The van der Waals surface area contributed by atoms with Gasteiger partial charge < -0.3 is 9.84 Å². The van der Waals surface area contributed by atoms with Crippen LogP contribution in [0.1, 0.15) is 5.56 Å². The van der Waals surface area contributed by atoms with Crippen molar-refractivity contribution in [1.82, 2.24) is 0 Å². The van der Waals surface area contributed by atoms with Crippen molar-refractivity contribution in [2.45, 2.75) is 6.42 Å². The largest absolute Gasteiger partial charge is 0.505 e. The maximum atomic E-state index is 13.5.